The van der Waals surface area contributed by atoms with Crippen LogP contribution in [0.5, 0.6) is 0 Å². The third-order valence-corrected chi connectivity index (χ3v) is 4.23. The molecule has 19 heavy (non-hydrogen) atoms. The maximum atomic E-state index is 13.6. The van der Waals surface area contributed by atoms with Gasteiger partial charge in [0.2, 0.25) is 0 Å². The standard InChI is InChI=1S/C14H11FN2OS/c1-19(18,14-5-3-2-4-13(14)15)17-12-8-6-11(10-16)7-9-12/h2-9H,1H3. The zero-order chi connectivity index (χ0) is 13.9. The fourth-order valence-corrected chi connectivity index (χ4v) is 2.98. The number of nitriles is 1. The van der Waals surface area contributed by atoms with Crippen LogP contribution in [0.4, 0.5) is 10.1 Å². The van der Waals surface area contributed by atoms with Crippen molar-refractivity contribution in [1.29, 1.82) is 5.26 Å². The summed E-state index contributed by atoms with van der Waals surface area (Å²) in [6, 6.07) is 14.2. The molecule has 2 rings (SSSR count). The van der Waals surface area contributed by atoms with Crippen LogP contribution in [0, 0.1) is 17.1 Å². The topological polar surface area (TPSA) is 53.2 Å². The third-order valence-electron chi connectivity index (χ3n) is 2.52. The van der Waals surface area contributed by atoms with Crippen molar-refractivity contribution in [1.82, 2.24) is 0 Å². The molecule has 0 aromatic heterocycles. The van der Waals surface area contributed by atoms with Crippen LogP contribution < -0.4 is 0 Å². The van der Waals surface area contributed by atoms with Crippen molar-refractivity contribution < 1.29 is 8.60 Å². The van der Waals surface area contributed by atoms with Crippen LogP contribution in [0.1, 0.15) is 5.56 Å². The van der Waals surface area contributed by atoms with E-state index in [1.54, 1.807) is 30.3 Å². The van der Waals surface area contributed by atoms with Crippen molar-refractivity contribution in [3.8, 4) is 6.07 Å². The van der Waals surface area contributed by atoms with E-state index in [-0.39, 0.29) is 4.90 Å². The Balaban J connectivity index is 2.50. The first kappa shape index (κ1) is 13.2. The van der Waals surface area contributed by atoms with Gasteiger partial charge in [0.25, 0.3) is 0 Å². The highest BCUT2D eigenvalue weighted by Crippen LogP contribution is 2.21. The zero-order valence-electron chi connectivity index (χ0n) is 10.2. The lowest BCUT2D eigenvalue weighted by atomic mass is 10.2. The minimum absolute atomic E-state index is 0.0827. The average molecular weight is 274 g/mol. The van der Waals surface area contributed by atoms with E-state index in [4.69, 9.17) is 5.26 Å². The molecule has 0 aliphatic rings. The van der Waals surface area contributed by atoms with Gasteiger partial charge in [0.15, 0.2) is 0 Å². The number of benzene rings is 2. The van der Waals surface area contributed by atoms with Gasteiger partial charge in [-0.1, -0.05) is 12.1 Å². The van der Waals surface area contributed by atoms with Crippen LogP contribution in [0.25, 0.3) is 0 Å². The molecule has 0 aliphatic carbocycles. The van der Waals surface area contributed by atoms with E-state index in [2.05, 4.69) is 4.36 Å². The first-order valence-corrected chi connectivity index (χ1v) is 7.42. The first-order valence-electron chi connectivity index (χ1n) is 5.50. The van der Waals surface area contributed by atoms with E-state index in [1.807, 2.05) is 6.07 Å². The Morgan fingerprint density at radius 1 is 1.16 bits per heavy atom. The van der Waals surface area contributed by atoms with Crippen LogP contribution in [0.2, 0.25) is 0 Å². The molecule has 0 fully saturated rings. The molecule has 0 radical (unpaired) electrons. The lowest BCUT2D eigenvalue weighted by molar-refractivity contribution is 0.594. The summed E-state index contributed by atoms with van der Waals surface area (Å²) in [5.74, 6) is -0.535. The van der Waals surface area contributed by atoms with Crippen molar-refractivity contribution in [2.24, 2.45) is 4.36 Å². The molecule has 3 nitrogen and oxygen atoms in total. The average Bonchev–Trinajstić information content (AvgIpc) is 2.39. The molecule has 0 saturated heterocycles. The van der Waals surface area contributed by atoms with E-state index < -0.39 is 15.5 Å². The van der Waals surface area contributed by atoms with Crippen LogP contribution in [-0.2, 0) is 9.73 Å². The van der Waals surface area contributed by atoms with Gasteiger partial charge in [-0.3, -0.25) is 0 Å². The summed E-state index contributed by atoms with van der Waals surface area (Å²) in [6.07, 6.45) is 1.39. The highest BCUT2D eigenvalue weighted by Gasteiger charge is 2.11. The van der Waals surface area contributed by atoms with Crippen molar-refractivity contribution in [2.45, 2.75) is 4.90 Å². The van der Waals surface area contributed by atoms with Crippen molar-refractivity contribution in [3.05, 3.63) is 59.9 Å². The molecule has 0 saturated carbocycles. The van der Waals surface area contributed by atoms with E-state index in [9.17, 15) is 8.60 Å². The van der Waals surface area contributed by atoms with Gasteiger partial charge < -0.3 is 0 Å². The van der Waals surface area contributed by atoms with Crippen molar-refractivity contribution in [3.63, 3.8) is 0 Å². The molecule has 0 spiro atoms. The lowest BCUT2D eigenvalue weighted by Gasteiger charge is -2.05. The Morgan fingerprint density at radius 3 is 2.37 bits per heavy atom. The van der Waals surface area contributed by atoms with Crippen LogP contribution in [0.3, 0.4) is 0 Å². The van der Waals surface area contributed by atoms with Gasteiger partial charge in [0, 0.05) is 6.26 Å². The fraction of sp³-hybridized carbons (Fsp3) is 0.0714. The second-order valence-electron chi connectivity index (χ2n) is 3.98. The smallest absolute Gasteiger partial charge is 0.140 e. The van der Waals surface area contributed by atoms with Gasteiger partial charge in [0.05, 0.1) is 31.9 Å². The van der Waals surface area contributed by atoms with E-state index in [0.29, 0.717) is 11.3 Å². The Morgan fingerprint density at radius 2 is 1.79 bits per heavy atom. The van der Waals surface area contributed by atoms with Crippen molar-refractivity contribution in [2.75, 3.05) is 6.26 Å². The quantitative estimate of drug-likeness (QED) is 0.841. The molecular weight excluding hydrogens is 263 g/mol. The number of hydrogen-bond acceptors (Lipinski definition) is 3. The molecule has 96 valence electrons. The summed E-state index contributed by atoms with van der Waals surface area (Å²) in [4.78, 5) is 0.0827. The molecular formula is C14H11FN2OS. The molecule has 1 atom stereocenters. The third kappa shape index (κ3) is 2.98. The van der Waals surface area contributed by atoms with E-state index in [1.165, 1.54) is 24.5 Å². The second-order valence-corrected chi connectivity index (χ2v) is 6.21. The summed E-state index contributed by atoms with van der Waals surface area (Å²) in [6.45, 7) is 0. The molecule has 0 aliphatic heterocycles. The number of hydrogen-bond donors (Lipinski definition) is 0. The lowest BCUT2D eigenvalue weighted by Crippen LogP contribution is -2.00. The molecule has 0 heterocycles. The van der Waals surface area contributed by atoms with Gasteiger partial charge in [-0.2, -0.15) is 9.62 Å². The monoisotopic (exact) mass is 274 g/mol. The summed E-state index contributed by atoms with van der Waals surface area (Å²) < 4.78 is 30.2. The Labute approximate surface area is 111 Å². The molecule has 5 heteroatoms. The van der Waals surface area contributed by atoms with E-state index in [0.717, 1.165) is 0 Å². The zero-order valence-corrected chi connectivity index (χ0v) is 11.0. The minimum atomic E-state index is -2.85. The number of halogens is 1. The Bertz CT molecular complexity index is 754. The fourth-order valence-electron chi connectivity index (χ4n) is 1.60. The first-order chi connectivity index (χ1) is 9.03. The minimum Gasteiger partial charge on any atom is -0.245 e. The predicted octanol–water partition coefficient (Wildman–Crippen LogP) is 3.49. The second kappa shape index (κ2) is 5.21. The maximum Gasteiger partial charge on any atom is 0.140 e. The van der Waals surface area contributed by atoms with Gasteiger partial charge in [-0.25, -0.2) is 8.60 Å². The van der Waals surface area contributed by atoms with E-state index >= 15 is 0 Å². The van der Waals surface area contributed by atoms with Gasteiger partial charge in [0.1, 0.15) is 5.82 Å². The van der Waals surface area contributed by atoms with Gasteiger partial charge in [-0.15, -0.1) is 0 Å². The number of rotatable bonds is 2. The molecule has 2 aromatic rings. The predicted molar refractivity (Wildman–Crippen MR) is 72.0 cm³/mol. The largest absolute Gasteiger partial charge is 0.245 e. The van der Waals surface area contributed by atoms with Crippen molar-refractivity contribution >= 4 is 15.4 Å². The molecule has 0 amide bonds. The van der Waals surface area contributed by atoms with Gasteiger partial charge >= 0.3 is 0 Å². The summed E-state index contributed by atoms with van der Waals surface area (Å²) in [5, 5.41) is 8.69. The molecule has 2 aromatic carbocycles. The Kier molecular flexibility index (Phi) is 3.63. The summed E-state index contributed by atoms with van der Waals surface area (Å²) in [5.41, 5.74) is 0.946. The number of nitrogens with zero attached hydrogens (tertiary/aromatic N) is 2. The van der Waals surface area contributed by atoms with Crippen LogP contribution in [0.15, 0.2) is 57.8 Å². The highest BCUT2D eigenvalue weighted by molar-refractivity contribution is 7.93. The molecule has 1 unspecified atom stereocenters. The highest BCUT2D eigenvalue weighted by atomic mass is 32.2. The normalized spacial score (nSPS) is 13.3. The van der Waals surface area contributed by atoms with Crippen LogP contribution >= 0.6 is 0 Å². The summed E-state index contributed by atoms with van der Waals surface area (Å²) >= 11 is 0. The SMILES string of the molecule is CS(=O)(=Nc1ccc(C#N)cc1)c1ccccc1F. The molecule has 0 N–H and O–H groups in total. The van der Waals surface area contributed by atoms with Gasteiger partial charge in [-0.05, 0) is 36.4 Å². The molecule has 0 bridgehead atoms. The van der Waals surface area contributed by atoms with Crippen LogP contribution in [-0.4, -0.2) is 10.5 Å². The Hall–Kier alpha value is -2.19. The maximum absolute atomic E-state index is 13.6. The summed E-state index contributed by atoms with van der Waals surface area (Å²) in [7, 11) is -2.85.